The van der Waals surface area contributed by atoms with E-state index in [1.165, 1.54) is 0 Å². The van der Waals surface area contributed by atoms with E-state index in [0.29, 0.717) is 26.4 Å². The topological polar surface area (TPSA) is 36.9 Å². The van der Waals surface area contributed by atoms with E-state index in [1.807, 2.05) is 27.7 Å². The van der Waals surface area contributed by atoms with Crippen molar-refractivity contribution in [3.05, 3.63) is 0 Å². The maximum absolute atomic E-state index is 4.99. The van der Waals surface area contributed by atoms with Crippen LogP contribution in [0.25, 0.3) is 0 Å². The van der Waals surface area contributed by atoms with Gasteiger partial charge in [-0.1, -0.05) is 23.6 Å². The Kier molecular flexibility index (Phi) is 22.0. The van der Waals surface area contributed by atoms with E-state index in [1.54, 1.807) is 0 Å². The average Bonchev–Trinajstić information content (AvgIpc) is 2.17. The first-order chi connectivity index (χ1) is 8.24. The molecule has 0 aliphatic carbocycles. The molecule has 112 valence electrons. The van der Waals surface area contributed by atoms with Gasteiger partial charge < -0.3 is 42.6 Å². The van der Waals surface area contributed by atoms with Crippen LogP contribution >= 0.6 is 11.4 Å². The summed E-state index contributed by atoms with van der Waals surface area (Å²) in [6, 6.07) is 0. The van der Waals surface area contributed by atoms with Gasteiger partial charge in [0, 0.05) is 26.4 Å². The number of hydrogen-bond acceptors (Lipinski definition) is 8. The van der Waals surface area contributed by atoms with Gasteiger partial charge in [-0.2, -0.15) is 0 Å². The molecule has 0 atom stereocenters. The van der Waals surface area contributed by atoms with Crippen LogP contribution in [0.3, 0.4) is 0 Å². The molecule has 0 aromatic heterocycles. The molecule has 4 nitrogen and oxygen atoms in total. The van der Waals surface area contributed by atoms with Crippen LogP contribution in [0, 0.1) is 0 Å². The normalized spacial score (nSPS) is 11.3. The summed E-state index contributed by atoms with van der Waals surface area (Å²) in [5.74, 6) is 0. The molecule has 19 heavy (non-hydrogen) atoms. The zero-order chi connectivity index (χ0) is 14.7. The van der Waals surface area contributed by atoms with Gasteiger partial charge in [-0.15, -0.1) is 0 Å². The monoisotopic (exact) mass is 484 g/mol. The van der Waals surface area contributed by atoms with Gasteiger partial charge in [-0.05, 0) is 27.7 Å². The molecule has 0 aliphatic rings. The Labute approximate surface area is 157 Å². The van der Waals surface area contributed by atoms with Gasteiger partial charge in [0.25, 0.3) is 0 Å². The second-order valence-corrected chi connectivity index (χ2v) is 12.5. The first-order valence-corrected chi connectivity index (χ1v) is 12.7. The van der Waals surface area contributed by atoms with E-state index in [0.717, 1.165) is 0 Å². The van der Waals surface area contributed by atoms with Crippen LogP contribution in [0.4, 0.5) is 0 Å². The third-order valence-electron chi connectivity index (χ3n) is 1.15. The predicted octanol–water partition coefficient (Wildman–Crippen LogP) is 3.66. The number of hydrogen-bond donors (Lipinski definition) is 0. The molecule has 0 rings (SSSR count). The van der Waals surface area contributed by atoms with Crippen molar-refractivity contribution in [3.8, 4) is 0 Å². The van der Waals surface area contributed by atoms with Gasteiger partial charge in [-0.3, -0.25) is 0 Å². The third kappa shape index (κ3) is 20.8. The van der Waals surface area contributed by atoms with Crippen LogP contribution in [0.15, 0.2) is 0 Å². The van der Waals surface area contributed by atoms with E-state index in [-0.39, 0.29) is 27.3 Å². The van der Waals surface area contributed by atoms with E-state index in [9.17, 15) is 0 Å². The quantitative estimate of drug-likeness (QED) is 0.295. The van der Waals surface area contributed by atoms with Crippen molar-refractivity contribution >= 4 is 59.5 Å². The molecule has 0 saturated heterocycles. The zero-order valence-electron chi connectivity index (χ0n) is 11.7. The summed E-state index contributed by atoms with van der Waals surface area (Å²) in [4.78, 5) is 0. The van der Waals surface area contributed by atoms with Crippen LogP contribution in [-0.4, -0.2) is 26.4 Å². The van der Waals surface area contributed by atoms with Gasteiger partial charge in [0.2, 0.25) is 0 Å². The molecule has 0 aromatic carbocycles. The predicted molar refractivity (Wildman–Crippen MR) is 89.8 cm³/mol. The van der Waals surface area contributed by atoms with E-state index in [2.05, 4.69) is 0 Å². The van der Waals surface area contributed by atoms with E-state index >= 15 is 0 Å². The molecule has 0 heterocycles. The van der Waals surface area contributed by atoms with Gasteiger partial charge in [0.15, 0.2) is 0 Å². The Morgan fingerprint density at radius 2 is 0.842 bits per heavy atom. The summed E-state index contributed by atoms with van der Waals surface area (Å²) in [5, 5.41) is 0. The second kappa shape index (κ2) is 15.6. The largest absolute Gasteiger partial charge is 2.00 e. The van der Waals surface area contributed by atoms with E-state index < -0.39 is 11.4 Å². The molecule has 0 saturated carbocycles. The Balaban J connectivity index is -0.000000256. The van der Waals surface area contributed by atoms with Crippen molar-refractivity contribution in [3.63, 3.8) is 0 Å². The molecule has 0 spiro atoms. The fourth-order valence-electron chi connectivity index (χ4n) is 0.707. The molecule has 0 unspecified atom stereocenters. The average molecular weight is 483 g/mol. The molecule has 0 amide bonds. The number of rotatable bonds is 8. The Hall–Kier alpha value is 2.76. The smallest absolute Gasteiger partial charge is 0.691 e. The van der Waals surface area contributed by atoms with Gasteiger partial charge in [0.1, 0.15) is 0 Å². The summed E-state index contributed by atoms with van der Waals surface area (Å²) < 4.78 is 20.0. The molecule has 0 N–H and O–H groups in total. The van der Waals surface area contributed by atoms with Crippen LogP contribution in [0.1, 0.15) is 27.7 Å². The zero-order valence-corrected chi connectivity index (χ0v) is 20.8. The minimum atomic E-state index is -2.28. The molecule has 0 bridgehead atoms. The Bertz CT molecular complexity index is 248. The standard InChI is InChI=1S/2C4H11O2PS2.Cd/c2*1-3-5-7(8,9)6-4-2;/h2*3-4H2,1-2H3,(H,8,9);/q;;+2/p-2. The van der Waals surface area contributed by atoms with Crippen molar-refractivity contribution in [2.75, 3.05) is 26.4 Å². The molecule has 0 fully saturated rings. The first kappa shape index (κ1) is 26.6. The van der Waals surface area contributed by atoms with E-state index in [4.69, 9.17) is 66.2 Å². The molecule has 0 aliphatic heterocycles. The Morgan fingerprint density at radius 3 is 0.947 bits per heavy atom. The Morgan fingerprint density at radius 1 is 0.684 bits per heavy atom. The van der Waals surface area contributed by atoms with Crippen LogP contribution < -0.4 is 0 Å². The van der Waals surface area contributed by atoms with Crippen LogP contribution in [-0.2, 0) is 93.5 Å². The summed E-state index contributed by atoms with van der Waals surface area (Å²) in [5.41, 5.74) is -4.55. The summed E-state index contributed by atoms with van der Waals surface area (Å²) in [6.45, 7) is 9.58. The summed E-state index contributed by atoms with van der Waals surface area (Å²) >= 11 is 19.3. The maximum Gasteiger partial charge on any atom is 2.00 e. The summed E-state index contributed by atoms with van der Waals surface area (Å²) in [7, 11) is 0. The molecular formula is C8H20CdO4P2S4. The molecule has 0 radical (unpaired) electrons. The van der Waals surface area contributed by atoms with Gasteiger partial charge in [-0.25, -0.2) is 0 Å². The molecule has 11 heteroatoms. The SMILES string of the molecule is CCOP(=S)([S-])OCC.CCOP(=S)([S-])OCC.[Cd+2]. The minimum absolute atomic E-state index is 0. The van der Waals surface area contributed by atoms with Crippen molar-refractivity contribution in [1.82, 2.24) is 0 Å². The first-order valence-electron chi connectivity index (χ1n) is 5.44. The van der Waals surface area contributed by atoms with Gasteiger partial charge >= 0.3 is 27.3 Å². The minimum Gasteiger partial charge on any atom is -0.691 e. The van der Waals surface area contributed by atoms with Crippen molar-refractivity contribution < 1.29 is 45.4 Å². The maximum atomic E-state index is 4.99. The summed E-state index contributed by atoms with van der Waals surface area (Å²) in [6.07, 6.45) is 0. The fourth-order valence-corrected chi connectivity index (χ4v) is 4.65. The molecule has 0 aromatic rings. The van der Waals surface area contributed by atoms with Crippen molar-refractivity contribution in [2.24, 2.45) is 0 Å². The molecular weight excluding hydrogens is 463 g/mol. The van der Waals surface area contributed by atoms with Crippen molar-refractivity contribution in [1.29, 1.82) is 0 Å². The van der Waals surface area contributed by atoms with Crippen LogP contribution in [0.5, 0.6) is 0 Å². The van der Waals surface area contributed by atoms with Gasteiger partial charge in [0.05, 0.1) is 11.4 Å². The van der Waals surface area contributed by atoms with Crippen molar-refractivity contribution in [2.45, 2.75) is 27.7 Å². The third-order valence-corrected chi connectivity index (χ3v) is 5.98. The fraction of sp³-hybridized carbons (Fsp3) is 1.00. The van der Waals surface area contributed by atoms with Crippen LogP contribution in [0.2, 0.25) is 0 Å². The second-order valence-electron chi connectivity index (χ2n) is 2.57.